The molecule has 2 N–H and O–H groups in total. The number of hydrogen-bond acceptors (Lipinski definition) is 7. The number of ether oxygens (including phenoxy) is 4. The molecule has 0 saturated heterocycles. The lowest BCUT2D eigenvalue weighted by molar-refractivity contribution is -0.116. The second-order valence-electron chi connectivity index (χ2n) is 7.23. The molecule has 0 spiro atoms. The lowest BCUT2D eigenvalue weighted by atomic mass is 10.1. The van der Waals surface area contributed by atoms with Crippen LogP contribution in [0.25, 0.3) is 0 Å². The molecule has 0 radical (unpaired) electrons. The van der Waals surface area contributed by atoms with Gasteiger partial charge < -0.3 is 24.3 Å². The minimum absolute atomic E-state index is 0.0130. The van der Waals surface area contributed by atoms with E-state index < -0.39 is 10.0 Å². The number of anilines is 1. The SMILES string of the molecule is CCOc1cc2c(cc1NC(=O)CCNS(=O)(=O)c1ccc(OC)c(OC)c1)OC(C)C2. The number of amides is 1. The van der Waals surface area contributed by atoms with Gasteiger partial charge in [-0.15, -0.1) is 0 Å². The van der Waals surface area contributed by atoms with Gasteiger partial charge in [-0.2, -0.15) is 0 Å². The van der Waals surface area contributed by atoms with Crippen LogP contribution in [0.2, 0.25) is 0 Å². The molecule has 1 aliphatic rings. The van der Waals surface area contributed by atoms with Crippen molar-refractivity contribution in [2.45, 2.75) is 37.7 Å². The van der Waals surface area contributed by atoms with Crippen LogP contribution < -0.4 is 29.0 Å². The third kappa shape index (κ3) is 5.43. The molecule has 1 aliphatic heterocycles. The highest BCUT2D eigenvalue weighted by Gasteiger charge is 2.23. The highest BCUT2D eigenvalue weighted by Crippen LogP contribution is 2.38. The molecule has 0 bridgehead atoms. The second kappa shape index (κ2) is 10.1. The Morgan fingerprint density at radius 2 is 1.88 bits per heavy atom. The Balaban J connectivity index is 1.62. The van der Waals surface area contributed by atoms with Gasteiger partial charge in [0.15, 0.2) is 11.5 Å². The van der Waals surface area contributed by atoms with Crippen LogP contribution >= 0.6 is 0 Å². The molecular formula is C22H28N2O7S. The highest BCUT2D eigenvalue weighted by molar-refractivity contribution is 7.89. The lowest BCUT2D eigenvalue weighted by Gasteiger charge is -2.14. The number of methoxy groups -OCH3 is 2. The van der Waals surface area contributed by atoms with Crippen molar-refractivity contribution in [2.75, 3.05) is 32.7 Å². The maximum Gasteiger partial charge on any atom is 0.240 e. The van der Waals surface area contributed by atoms with Crippen LogP contribution in [-0.4, -0.2) is 47.8 Å². The Bertz CT molecular complexity index is 1090. The van der Waals surface area contributed by atoms with E-state index in [1.165, 1.54) is 32.4 Å². The van der Waals surface area contributed by atoms with Crippen molar-refractivity contribution in [1.29, 1.82) is 0 Å². The van der Waals surface area contributed by atoms with Crippen molar-refractivity contribution in [3.63, 3.8) is 0 Å². The minimum atomic E-state index is -3.83. The summed E-state index contributed by atoms with van der Waals surface area (Å²) in [5.41, 5.74) is 1.52. The molecule has 32 heavy (non-hydrogen) atoms. The minimum Gasteiger partial charge on any atom is -0.493 e. The third-order valence-electron chi connectivity index (χ3n) is 4.88. The van der Waals surface area contributed by atoms with Gasteiger partial charge in [0.1, 0.15) is 17.6 Å². The van der Waals surface area contributed by atoms with Crippen molar-refractivity contribution < 1.29 is 32.2 Å². The molecule has 10 heteroatoms. The Kier molecular flexibility index (Phi) is 7.47. The summed E-state index contributed by atoms with van der Waals surface area (Å²) in [6, 6.07) is 7.89. The molecule has 3 rings (SSSR count). The van der Waals surface area contributed by atoms with Crippen LogP contribution in [-0.2, 0) is 21.2 Å². The molecule has 0 aromatic heterocycles. The summed E-state index contributed by atoms with van der Waals surface area (Å²) >= 11 is 0. The normalized spacial score (nSPS) is 14.9. The molecule has 0 fully saturated rings. The summed E-state index contributed by atoms with van der Waals surface area (Å²) in [5.74, 6) is 1.63. The molecule has 2 aromatic carbocycles. The van der Waals surface area contributed by atoms with Gasteiger partial charge in [0.25, 0.3) is 0 Å². The average molecular weight is 465 g/mol. The first-order valence-electron chi connectivity index (χ1n) is 10.2. The quantitative estimate of drug-likeness (QED) is 0.556. The molecule has 2 aromatic rings. The van der Waals surface area contributed by atoms with E-state index in [0.29, 0.717) is 35.3 Å². The van der Waals surface area contributed by atoms with Crippen LogP contribution in [0.3, 0.4) is 0 Å². The van der Waals surface area contributed by atoms with Gasteiger partial charge in [0.2, 0.25) is 15.9 Å². The molecule has 0 aliphatic carbocycles. The molecule has 9 nitrogen and oxygen atoms in total. The van der Waals surface area contributed by atoms with E-state index in [9.17, 15) is 13.2 Å². The number of carbonyl (C=O) groups excluding carboxylic acids is 1. The zero-order chi connectivity index (χ0) is 23.3. The molecule has 1 unspecified atom stereocenters. The van der Waals surface area contributed by atoms with Gasteiger partial charge in [-0.3, -0.25) is 4.79 Å². The maximum atomic E-state index is 12.6. The highest BCUT2D eigenvalue weighted by atomic mass is 32.2. The standard InChI is InChI=1S/C22H28N2O7S/c1-5-30-20-11-15-10-14(2)31-19(15)13-17(20)24-22(25)8-9-23-32(26,27)16-6-7-18(28-3)21(12-16)29-4/h6-7,11-14,23H,5,8-10H2,1-4H3,(H,24,25). The zero-order valence-electron chi connectivity index (χ0n) is 18.6. The topological polar surface area (TPSA) is 112 Å². The largest absolute Gasteiger partial charge is 0.493 e. The van der Waals surface area contributed by atoms with Crippen LogP contribution in [0.4, 0.5) is 5.69 Å². The van der Waals surface area contributed by atoms with Crippen molar-refractivity contribution in [1.82, 2.24) is 4.72 Å². The lowest BCUT2D eigenvalue weighted by Crippen LogP contribution is -2.28. The van der Waals surface area contributed by atoms with E-state index in [2.05, 4.69) is 10.0 Å². The molecule has 1 amide bonds. The fraction of sp³-hybridized carbons (Fsp3) is 0.409. The van der Waals surface area contributed by atoms with Gasteiger partial charge in [-0.25, -0.2) is 13.1 Å². The monoisotopic (exact) mass is 464 g/mol. The van der Waals surface area contributed by atoms with Crippen LogP contribution in [0.1, 0.15) is 25.8 Å². The Morgan fingerprint density at radius 3 is 2.56 bits per heavy atom. The number of benzene rings is 2. The first kappa shape index (κ1) is 23.7. The summed E-state index contributed by atoms with van der Waals surface area (Å²) < 4.78 is 49.2. The van der Waals surface area contributed by atoms with Crippen molar-refractivity contribution in [2.24, 2.45) is 0 Å². The summed E-state index contributed by atoms with van der Waals surface area (Å²) in [7, 11) is -0.938. The van der Waals surface area contributed by atoms with Crippen molar-refractivity contribution in [3.8, 4) is 23.0 Å². The summed E-state index contributed by atoms with van der Waals surface area (Å²) in [5, 5.41) is 2.78. The average Bonchev–Trinajstić information content (AvgIpc) is 3.12. The van der Waals surface area contributed by atoms with Gasteiger partial charge in [0.05, 0.1) is 31.4 Å². The second-order valence-corrected chi connectivity index (χ2v) is 9.00. The Morgan fingerprint density at radius 1 is 1.12 bits per heavy atom. The number of fused-ring (bicyclic) bond motifs is 1. The van der Waals surface area contributed by atoms with E-state index in [-0.39, 0.29) is 29.9 Å². The van der Waals surface area contributed by atoms with E-state index >= 15 is 0 Å². The first-order chi connectivity index (χ1) is 15.3. The van der Waals surface area contributed by atoms with Crippen LogP contribution in [0.5, 0.6) is 23.0 Å². The number of sulfonamides is 1. The number of carbonyl (C=O) groups is 1. The first-order valence-corrected chi connectivity index (χ1v) is 11.7. The number of nitrogens with one attached hydrogen (secondary N) is 2. The van der Waals surface area contributed by atoms with Crippen molar-refractivity contribution >= 4 is 21.6 Å². The summed E-state index contributed by atoms with van der Waals surface area (Å²) in [6.45, 7) is 4.21. The van der Waals surface area contributed by atoms with Gasteiger partial charge in [0, 0.05) is 37.1 Å². The third-order valence-corrected chi connectivity index (χ3v) is 6.34. The summed E-state index contributed by atoms with van der Waals surface area (Å²) in [6.07, 6.45) is 0.782. The zero-order valence-corrected chi connectivity index (χ0v) is 19.4. The predicted octanol–water partition coefficient (Wildman–Crippen LogP) is 2.73. The fourth-order valence-corrected chi connectivity index (χ4v) is 4.44. The Hall–Kier alpha value is -2.98. The molecule has 1 heterocycles. The van der Waals surface area contributed by atoms with Crippen LogP contribution in [0, 0.1) is 0 Å². The molecular weight excluding hydrogens is 436 g/mol. The van der Waals surface area contributed by atoms with E-state index in [1.54, 1.807) is 6.07 Å². The van der Waals surface area contributed by atoms with E-state index in [4.69, 9.17) is 18.9 Å². The smallest absolute Gasteiger partial charge is 0.240 e. The molecule has 0 saturated carbocycles. The molecule has 1 atom stereocenters. The summed E-state index contributed by atoms with van der Waals surface area (Å²) in [4.78, 5) is 12.5. The predicted molar refractivity (Wildman–Crippen MR) is 119 cm³/mol. The Labute approximate surface area is 188 Å². The van der Waals surface area contributed by atoms with Gasteiger partial charge in [-0.05, 0) is 32.0 Å². The van der Waals surface area contributed by atoms with Crippen molar-refractivity contribution in [3.05, 3.63) is 35.9 Å². The number of hydrogen-bond donors (Lipinski definition) is 2. The van der Waals surface area contributed by atoms with E-state index in [0.717, 1.165) is 12.0 Å². The van der Waals surface area contributed by atoms with Crippen LogP contribution in [0.15, 0.2) is 35.2 Å². The fourth-order valence-electron chi connectivity index (χ4n) is 3.39. The molecule has 174 valence electrons. The number of rotatable bonds is 10. The maximum absolute atomic E-state index is 12.6. The van der Waals surface area contributed by atoms with E-state index in [1.807, 2.05) is 19.9 Å². The van der Waals surface area contributed by atoms with Gasteiger partial charge >= 0.3 is 0 Å². The van der Waals surface area contributed by atoms with Gasteiger partial charge in [-0.1, -0.05) is 0 Å².